The van der Waals surface area contributed by atoms with E-state index < -0.39 is 5.97 Å². The summed E-state index contributed by atoms with van der Waals surface area (Å²) in [5.41, 5.74) is 0. The van der Waals surface area contributed by atoms with Crippen molar-refractivity contribution in [3.63, 3.8) is 0 Å². The van der Waals surface area contributed by atoms with E-state index in [0.717, 1.165) is 24.0 Å². The van der Waals surface area contributed by atoms with Crippen LogP contribution in [0.3, 0.4) is 0 Å². The van der Waals surface area contributed by atoms with E-state index in [0.29, 0.717) is 13.0 Å². The number of unbranched alkanes of at least 4 members (excludes halogenated alkanes) is 1. The second-order valence-corrected chi connectivity index (χ2v) is 4.71. The molecule has 0 aromatic carbocycles. The molecule has 0 aromatic heterocycles. The summed E-state index contributed by atoms with van der Waals surface area (Å²) >= 11 is 0. The first kappa shape index (κ1) is 15.6. The SMILES string of the molecule is C=CC(=O)NCC[N+](C)(C)CCCCC(=O)[O-]. The lowest BCUT2D eigenvalue weighted by Crippen LogP contribution is -2.45. The Morgan fingerprint density at radius 1 is 1.29 bits per heavy atom. The van der Waals surface area contributed by atoms with E-state index in [1.807, 2.05) is 0 Å². The fourth-order valence-corrected chi connectivity index (χ4v) is 1.47. The van der Waals surface area contributed by atoms with E-state index in [4.69, 9.17) is 0 Å². The second-order valence-electron chi connectivity index (χ2n) is 4.71. The summed E-state index contributed by atoms with van der Waals surface area (Å²) in [5.74, 6) is -1.16. The molecule has 0 saturated carbocycles. The molecule has 0 saturated heterocycles. The van der Waals surface area contributed by atoms with Gasteiger partial charge in [-0.1, -0.05) is 6.58 Å². The average Bonchev–Trinajstić information content (AvgIpc) is 2.23. The van der Waals surface area contributed by atoms with Gasteiger partial charge >= 0.3 is 0 Å². The van der Waals surface area contributed by atoms with Crippen molar-refractivity contribution < 1.29 is 19.2 Å². The third kappa shape index (κ3) is 9.56. The highest BCUT2D eigenvalue weighted by Gasteiger charge is 2.13. The summed E-state index contributed by atoms with van der Waals surface area (Å²) in [6.07, 6.45) is 2.85. The van der Waals surface area contributed by atoms with Gasteiger partial charge in [0.15, 0.2) is 0 Å². The van der Waals surface area contributed by atoms with E-state index in [9.17, 15) is 14.7 Å². The largest absolute Gasteiger partial charge is 0.550 e. The number of carbonyl (C=O) groups excluding carboxylic acids is 2. The number of nitrogens with one attached hydrogen (secondary N) is 1. The lowest BCUT2D eigenvalue weighted by molar-refractivity contribution is -0.889. The molecule has 0 heterocycles. The Morgan fingerprint density at radius 3 is 2.47 bits per heavy atom. The van der Waals surface area contributed by atoms with E-state index in [1.54, 1.807) is 0 Å². The van der Waals surface area contributed by atoms with E-state index in [2.05, 4.69) is 26.0 Å². The predicted molar refractivity (Wildman–Crippen MR) is 63.9 cm³/mol. The number of amides is 1. The summed E-state index contributed by atoms with van der Waals surface area (Å²) in [4.78, 5) is 21.2. The van der Waals surface area contributed by atoms with Gasteiger partial charge in [0.05, 0.1) is 33.7 Å². The minimum absolute atomic E-state index is 0.118. The fraction of sp³-hybridized carbons (Fsp3) is 0.667. The quantitative estimate of drug-likeness (QED) is 0.330. The third-order valence-corrected chi connectivity index (χ3v) is 2.60. The monoisotopic (exact) mass is 242 g/mol. The molecule has 0 spiro atoms. The smallest absolute Gasteiger partial charge is 0.243 e. The fourth-order valence-electron chi connectivity index (χ4n) is 1.47. The number of carboxylic acid groups (broad SMARTS) is 1. The van der Waals surface area contributed by atoms with Crippen LogP contribution < -0.4 is 10.4 Å². The van der Waals surface area contributed by atoms with Gasteiger partial charge in [0, 0.05) is 5.97 Å². The molecule has 0 rings (SSSR count). The molecule has 0 aliphatic carbocycles. The van der Waals surface area contributed by atoms with Gasteiger partial charge in [-0.15, -0.1) is 0 Å². The highest BCUT2D eigenvalue weighted by atomic mass is 16.4. The third-order valence-electron chi connectivity index (χ3n) is 2.60. The predicted octanol–water partition coefficient (Wildman–Crippen LogP) is -0.715. The summed E-state index contributed by atoms with van der Waals surface area (Å²) < 4.78 is 0.754. The number of hydrogen-bond donors (Lipinski definition) is 1. The molecule has 0 aromatic rings. The van der Waals surface area contributed by atoms with Gasteiger partial charge in [-0.25, -0.2) is 0 Å². The first-order valence-corrected chi connectivity index (χ1v) is 5.79. The molecule has 1 amide bonds. The Hall–Kier alpha value is -1.36. The van der Waals surface area contributed by atoms with E-state index in [1.165, 1.54) is 6.08 Å². The molecular formula is C12H22N2O3. The number of carbonyl (C=O) groups is 2. The van der Waals surface area contributed by atoms with Gasteiger partial charge in [-0.05, 0) is 25.3 Å². The first-order valence-electron chi connectivity index (χ1n) is 5.79. The Morgan fingerprint density at radius 2 is 1.94 bits per heavy atom. The molecule has 5 nitrogen and oxygen atoms in total. The van der Waals surface area contributed by atoms with Crippen LogP contribution in [0.4, 0.5) is 0 Å². The maximum atomic E-state index is 10.9. The zero-order chi connectivity index (χ0) is 13.3. The van der Waals surface area contributed by atoms with Crippen molar-refractivity contribution in [2.24, 2.45) is 0 Å². The molecule has 0 atom stereocenters. The lowest BCUT2D eigenvalue weighted by atomic mass is 10.2. The lowest BCUT2D eigenvalue weighted by Gasteiger charge is -2.29. The highest BCUT2D eigenvalue weighted by molar-refractivity contribution is 5.86. The zero-order valence-electron chi connectivity index (χ0n) is 10.7. The molecule has 0 aliphatic heterocycles. The average molecular weight is 242 g/mol. The van der Waals surface area contributed by atoms with Gasteiger partial charge in [0.1, 0.15) is 0 Å². The maximum absolute atomic E-state index is 10.9. The Balaban J connectivity index is 3.68. The summed E-state index contributed by atoms with van der Waals surface area (Å²) in [6, 6.07) is 0. The topological polar surface area (TPSA) is 69.2 Å². The molecule has 98 valence electrons. The summed E-state index contributed by atoms with van der Waals surface area (Å²) in [7, 11) is 4.11. The molecule has 0 bridgehead atoms. The summed E-state index contributed by atoms with van der Waals surface area (Å²) in [6.45, 7) is 5.67. The van der Waals surface area contributed by atoms with Gasteiger partial charge < -0.3 is 19.7 Å². The van der Waals surface area contributed by atoms with Crippen LogP contribution in [0.15, 0.2) is 12.7 Å². The minimum atomic E-state index is -0.992. The van der Waals surface area contributed by atoms with Crippen LogP contribution >= 0.6 is 0 Å². The van der Waals surface area contributed by atoms with Crippen molar-refractivity contribution in [1.82, 2.24) is 5.32 Å². The van der Waals surface area contributed by atoms with Crippen LogP contribution in [-0.2, 0) is 9.59 Å². The Kier molecular flexibility index (Phi) is 7.21. The molecule has 5 heteroatoms. The van der Waals surface area contributed by atoms with Gasteiger partial charge in [-0.2, -0.15) is 0 Å². The van der Waals surface area contributed by atoms with Crippen molar-refractivity contribution >= 4 is 11.9 Å². The first-order chi connectivity index (χ1) is 7.87. The van der Waals surface area contributed by atoms with Crippen molar-refractivity contribution in [2.75, 3.05) is 33.7 Å². The number of quaternary nitrogens is 1. The van der Waals surface area contributed by atoms with E-state index >= 15 is 0 Å². The van der Waals surface area contributed by atoms with Gasteiger partial charge in [0.25, 0.3) is 0 Å². The number of aliphatic carboxylic acids is 1. The number of likely N-dealkylation sites (N-methyl/N-ethyl adjacent to an activating group) is 1. The van der Waals surface area contributed by atoms with Crippen LogP contribution in [0.2, 0.25) is 0 Å². The molecule has 0 unspecified atom stereocenters. The van der Waals surface area contributed by atoms with Crippen LogP contribution in [-0.4, -0.2) is 50.1 Å². The van der Waals surface area contributed by atoms with Gasteiger partial charge in [-0.3, -0.25) is 4.79 Å². The van der Waals surface area contributed by atoms with Crippen LogP contribution in [0.25, 0.3) is 0 Å². The van der Waals surface area contributed by atoms with Crippen LogP contribution in [0.5, 0.6) is 0 Å². The Labute approximate surface area is 103 Å². The van der Waals surface area contributed by atoms with Crippen LogP contribution in [0, 0.1) is 0 Å². The maximum Gasteiger partial charge on any atom is 0.243 e. The number of nitrogens with zero attached hydrogens (tertiary/aromatic N) is 1. The molecule has 0 radical (unpaired) electrons. The second kappa shape index (κ2) is 7.84. The number of carboxylic acids is 1. The van der Waals surface area contributed by atoms with Crippen molar-refractivity contribution in [3.05, 3.63) is 12.7 Å². The van der Waals surface area contributed by atoms with Gasteiger partial charge in [0.2, 0.25) is 5.91 Å². The molecule has 1 N–H and O–H groups in total. The highest BCUT2D eigenvalue weighted by Crippen LogP contribution is 2.02. The molecular weight excluding hydrogens is 220 g/mol. The zero-order valence-corrected chi connectivity index (χ0v) is 10.7. The molecule has 0 fully saturated rings. The number of rotatable bonds is 9. The van der Waals surface area contributed by atoms with E-state index in [-0.39, 0.29) is 12.3 Å². The minimum Gasteiger partial charge on any atom is -0.550 e. The standard InChI is InChI=1S/C12H22N2O3/c1-4-11(15)13-8-10-14(2,3)9-6-5-7-12(16)17/h4H,1,5-10H2,2-3H3,(H-,13,15,16,17). The van der Waals surface area contributed by atoms with Crippen LogP contribution in [0.1, 0.15) is 19.3 Å². The van der Waals surface area contributed by atoms with Crippen molar-refractivity contribution in [2.45, 2.75) is 19.3 Å². The van der Waals surface area contributed by atoms with Crippen molar-refractivity contribution in [3.8, 4) is 0 Å². The summed E-state index contributed by atoms with van der Waals surface area (Å²) in [5, 5.41) is 13.0. The number of hydrogen-bond acceptors (Lipinski definition) is 3. The Bertz CT molecular complexity index is 275. The normalized spacial score (nSPS) is 10.9. The molecule has 0 aliphatic rings. The van der Waals surface area contributed by atoms with Crippen molar-refractivity contribution in [1.29, 1.82) is 0 Å². The molecule has 17 heavy (non-hydrogen) atoms.